The Morgan fingerprint density at radius 1 is 1.29 bits per heavy atom. The summed E-state index contributed by atoms with van der Waals surface area (Å²) in [7, 11) is 0. The van der Waals surface area contributed by atoms with Crippen LogP contribution < -0.4 is 10.1 Å². The number of aryl methyl sites for hydroxylation is 1. The minimum absolute atomic E-state index is 0.192. The Hall–Kier alpha value is -1.62. The number of nitrogens with one attached hydrogen (secondary N) is 1. The zero-order valence-electron chi connectivity index (χ0n) is 11.9. The van der Waals surface area contributed by atoms with Crippen LogP contribution >= 0.6 is 11.6 Å². The Kier molecular flexibility index (Phi) is 5.99. The SMILES string of the molecule is Cc1cccnc1CNCC(O)COc1ccccc1Cl. The maximum absolute atomic E-state index is 9.90. The Labute approximate surface area is 129 Å². The Balaban J connectivity index is 1.72. The van der Waals surface area contributed by atoms with Gasteiger partial charge in [0.05, 0.1) is 10.7 Å². The lowest BCUT2D eigenvalue weighted by Gasteiger charge is -2.14. The molecule has 1 unspecified atom stereocenters. The molecule has 0 bridgehead atoms. The number of aromatic nitrogens is 1. The van der Waals surface area contributed by atoms with Crippen LogP contribution in [0.5, 0.6) is 5.75 Å². The van der Waals surface area contributed by atoms with E-state index in [1.165, 1.54) is 0 Å². The quantitative estimate of drug-likeness (QED) is 0.825. The van der Waals surface area contributed by atoms with Crippen LogP contribution in [-0.2, 0) is 6.54 Å². The van der Waals surface area contributed by atoms with Crippen LogP contribution in [0.4, 0.5) is 0 Å². The van der Waals surface area contributed by atoms with Gasteiger partial charge in [-0.1, -0.05) is 29.8 Å². The van der Waals surface area contributed by atoms with E-state index in [1.54, 1.807) is 18.3 Å². The van der Waals surface area contributed by atoms with Crippen molar-refractivity contribution in [3.05, 3.63) is 58.9 Å². The van der Waals surface area contributed by atoms with E-state index in [-0.39, 0.29) is 6.61 Å². The summed E-state index contributed by atoms with van der Waals surface area (Å²) in [4.78, 5) is 4.29. The van der Waals surface area contributed by atoms with E-state index in [9.17, 15) is 5.11 Å². The van der Waals surface area contributed by atoms with Gasteiger partial charge in [0.25, 0.3) is 0 Å². The maximum Gasteiger partial charge on any atom is 0.138 e. The highest BCUT2D eigenvalue weighted by atomic mass is 35.5. The summed E-state index contributed by atoms with van der Waals surface area (Å²) in [5.74, 6) is 0.582. The molecule has 5 heteroatoms. The Bertz CT molecular complexity index is 578. The first kappa shape index (κ1) is 15.8. The lowest BCUT2D eigenvalue weighted by molar-refractivity contribution is 0.106. The summed E-state index contributed by atoms with van der Waals surface area (Å²) in [5.41, 5.74) is 2.11. The van der Waals surface area contributed by atoms with Gasteiger partial charge in [0.15, 0.2) is 0 Å². The van der Waals surface area contributed by atoms with E-state index >= 15 is 0 Å². The van der Waals surface area contributed by atoms with Gasteiger partial charge >= 0.3 is 0 Å². The second-order valence-electron chi connectivity index (χ2n) is 4.79. The first-order chi connectivity index (χ1) is 10.2. The zero-order valence-corrected chi connectivity index (χ0v) is 12.7. The van der Waals surface area contributed by atoms with Gasteiger partial charge in [0, 0.05) is 19.3 Å². The van der Waals surface area contributed by atoms with E-state index in [1.807, 2.05) is 31.2 Å². The third-order valence-corrected chi connectivity index (χ3v) is 3.37. The summed E-state index contributed by atoms with van der Waals surface area (Å²) < 4.78 is 5.49. The molecule has 0 amide bonds. The summed E-state index contributed by atoms with van der Waals surface area (Å²) in [5, 5.41) is 13.6. The first-order valence-electron chi connectivity index (χ1n) is 6.83. The number of para-hydroxylation sites is 1. The number of aliphatic hydroxyl groups is 1. The fourth-order valence-corrected chi connectivity index (χ4v) is 2.06. The van der Waals surface area contributed by atoms with Gasteiger partial charge in [-0.2, -0.15) is 0 Å². The molecule has 0 radical (unpaired) electrons. The number of nitrogens with zero attached hydrogens (tertiary/aromatic N) is 1. The molecule has 0 spiro atoms. The minimum atomic E-state index is -0.606. The van der Waals surface area contributed by atoms with E-state index in [0.29, 0.717) is 23.9 Å². The maximum atomic E-state index is 9.90. The van der Waals surface area contributed by atoms with Crippen molar-refractivity contribution in [2.45, 2.75) is 19.6 Å². The largest absolute Gasteiger partial charge is 0.489 e. The minimum Gasteiger partial charge on any atom is -0.489 e. The molecule has 21 heavy (non-hydrogen) atoms. The van der Waals surface area contributed by atoms with E-state index in [4.69, 9.17) is 16.3 Å². The third kappa shape index (κ3) is 5.01. The van der Waals surface area contributed by atoms with Crippen molar-refractivity contribution in [3.8, 4) is 5.75 Å². The van der Waals surface area contributed by atoms with E-state index in [0.717, 1.165) is 11.3 Å². The van der Waals surface area contributed by atoms with Crippen molar-refractivity contribution >= 4 is 11.6 Å². The normalized spacial score (nSPS) is 12.1. The molecule has 0 saturated heterocycles. The van der Waals surface area contributed by atoms with Crippen molar-refractivity contribution in [1.82, 2.24) is 10.3 Å². The fraction of sp³-hybridized carbons (Fsp3) is 0.312. The molecule has 0 fully saturated rings. The lowest BCUT2D eigenvalue weighted by Crippen LogP contribution is -2.31. The van der Waals surface area contributed by atoms with Crippen molar-refractivity contribution < 1.29 is 9.84 Å². The van der Waals surface area contributed by atoms with Gasteiger partial charge in [0.1, 0.15) is 18.5 Å². The Morgan fingerprint density at radius 3 is 2.86 bits per heavy atom. The van der Waals surface area contributed by atoms with Crippen LogP contribution in [0.2, 0.25) is 5.02 Å². The highest BCUT2D eigenvalue weighted by molar-refractivity contribution is 6.32. The molecule has 4 nitrogen and oxygen atoms in total. The second-order valence-corrected chi connectivity index (χ2v) is 5.20. The van der Waals surface area contributed by atoms with Crippen LogP contribution in [0.3, 0.4) is 0 Å². The molecule has 1 atom stereocenters. The lowest BCUT2D eigenvalue weighted by atomic mass is 10.2. The van der Waals surface area contributed by atoms with Crippen LogP contribution in [0.1, 0.15) is 11.3 Å². The zero-order chi connectivity index (χ0) is 15.1. The van der Waals surface area contributed by atoms with Crippen molar-refractivity contribution in [2.75, 3.05) is 13.2 Å². The van der Waals surface area contributed by atoms with Crippen molar-refractivity contribution in [1.29, 1.82) is 0 Å². The van der Waals surface area contributed by atoms with Gasteiger partial charge in [-0.05, 0) is 30.7 Å². The Morgan fingerprint density at radius 2 is 2.10 bits per heavy atom. The predicted molar refractivity (Wildman–Crippen MR) is 83.6 cm³/mol. The molecule has 1 heterocycles. The standard InChI is InChI=1S/C16H19ClN2O2/c1-12-5-4-8-19-15(12)10-18-9-13(20)11-21-16-7-3-2-6-14(16)17/h2-8,13,18,20H,9-11H2,1H3. The summed E-state index contributed by atoms with van der Waals surface area (Å²) in [6.07, 6.45) is 1.16. The highest BCUT2D eigenvalue weighted by Crippen LogP contribution is 2.23. The third-order valence-electron chi connectivity index (χ3n) is 3.06. The molecule has 1 aromatic carbocycles. The van der Waals surface area contributed by atoms with Gasteiger partial charge in [0.2, 0.25) is 0 Å². The molecule has 1 aromatic heterocycles. The monoisotopic (exact) mass is 306 g/mol. The predicted octanol–water partition coefficient (Wildman–Crippen LogP) is 2.57. The summed E-state index contributed by atoms with van der Waals surface area (Å²) >= 11 is 5.98. The summed E-state index contributed by atoms with van der Waals surface area (Å²) in [6.45, 7) is 3.26. The van der Waals surface area contributed by atoms with Gasteiger partial charge < -0.3 is 15.2 Å². The van der Waals surface area contributed by atoms with Crippen LogP contribution in [0, 0.1) is 6.92 Å². The number of rotatable bonds is 7. The van der Waals surface area contributed by atoms with Crippen LogP contribution in [-0.4, -0.2) is 29.3 Å². The molecular formula is C16H19ClN2O2. The number of ether oxygens (including phenoxy) is 1. The van der Waals surface area contributed by atoms with Crippen LogP contribution in [0.15, 0.2) is 42.6 Å². The molecule has 2 rings (SSSR count). The van der Waals surface area contributed by atoms with Crippen molar-refractivity contribution in [2.24, 2.45) is 0 Å². The number of hydrogen-bond donors (Lipinski definition) is 2. The second kappa shape index (κ2) is 7.98. The molecule has 0 aliphatic carbocycles. The highest BCUT2D eigenvalue weighted by Gasteiger charge is 2.07. The number of halogens is 1. The van der Waals surface area contributed by atoms with Gasteiger partial charge in [-0.15, -0.1) is 0 Å². The van der Waals surface area contributed by atoms with Crippen molar-refractivity contribution in [3.63, 3.8) is 0 Å². The molecule has 0 saturated carbocycles. The molecule has 112 valence electrons. The van der Waals surface area contributed by atoms with Gasteiger partial charge in [-0.25, -0.2) is 0 Å². The number of hydrogen-bond acceptors (Lipinski definition) is 4. The summed E-state index contributed by atoms with van der Waals surface area (Å²) in [6, 6.07) is 11.1. The molecular weight excluding hydrogens is 288 g/mol. The first-order valence-corrected chi connectivity index (χ1v) is 7.21. The molecule has 0 aliphatic heterocycles. The number of benzene rings is 1. The van der Waals surface area contributed by atoms with Gasteiger partial charge in [-0.3, -0.25) is 4.98 Å². The van der Waals surface area contributed by atoms with E-state index < -0.39 is 6.10 Å². The average molecular weight is 307 g/mol. The topological polar surface area (TPSA) is 54.4 Å². The molecule has 2 aromatic rings. The van der Waals surface area contributed by atoms with Crippen LogP contribution in [0.25, 0.3) is 0 Å². The van der Waals surface area contributed by atoms with E-state index in [2.05, 4.69) is 10.3 Å². The number of aliphatic hydroxyl groups excluding tert-OH is 1. The smallest absolute Gasteiger partial charge is 0.138 e. The molecule has 2 N–H and O–H groups in total. The fourth-order valence-electron chi connectivity index (χ4n) is 1.87. The number of pyridine rings is 1. The average Bonchev–Trinajstić information content (AvgIpc) is 2.48. The molecule has 0 aliphatic rings.